The molecule has 1 saturated carbocycles. The molecule has 0 saturated heterocycles. The molecule has 1 aliphatic carbocycles. The van der Waals surface area contributed by atoms with Gasteiger partial charge in [0.1, 0.15) is 0 Å². The third kappa shape index (κ3) is 2.80. The van der Waals surface area contributed by atoms with Crippen LogP contribution in [0.4, 0.5) is 0 Å². The smallest absolute Gasteiger partial charge is 0.256 e. The average Bonchev–Trinajstić information content (AvgIpc) is 3.34. The molecule has 4 rings (SSSR count). The molecule has 2 aromatic heterocycles. The van der Waals surface area contributed by atoms with Crippen molar-refractivity contribution in [2.45, 2.75) is 31.8 Å². The normalized spacial score (nSPS) is 20.0. The van der Waals surface area contributed by atoms with Gasteiger partial charge in [0.15, 0.2) is 0 Å². The second-order valence-electron chi connectivity index (χ2n) is 6.53. The van der Waals surface area contributed by atoms with Gasteiger partial charge in [-0.15, -0.1) is 0 Å². The summed E-state index contributed by atoms with van der Waals surface area (Å²) in [5, 5.41) is 12.2. The number of ether oxygens (including phenoxy) is 1. The molecule has 0 radical (unpaired) electrons. The number of nitrogens with zero attached hydrogens (tertiary/aromatic N) is 5. The van der Waals surface area contributed by atoms with Crippen molar-refractivity contribution >= 4 is 5.91 Å². The van der Waals surface area contributed by atoms with E-state index in [1.54, 1.807) is 19.4 Å². The van der Waals surface area contributed by atoms with Crippen LogP contribution in [0.3, 0.4) is 0 Å². The second kappa shape index (κ2) is 6.32. The average molecular weight is 327 g/mol. The molecule has 1 atom stereocenters. The molecule has 2 aliphatic rings. The molecular weight excluding hydrogens is 306 g/mol. The van der Waals surface area contributed by atoms with E-state index in [1.165, 1.54) is 24.6 Å². The van der Waals surface area contributed by atoms with Crippen molar-refractivity contribution in [3.05, 3.63) is 41.5 Å². The van der Waals surface area contributed by atoms with E-state index < -0.39 is 0 Å². The lowest BCUT2D eigenvalue weighted by Gasteiger charge is -2.36. The number of hydrogen-bond acceptors (Lipinski definition) is 5. The number of methoxy groups -OCH3 is 1. The van der Waals surface area contributed by atoms with Gasteiger partial charge in [0.05, 0.1) is 42.5 Å². The largest absolute Gasteiger partial charge is 0.382 e. The molecule has 1 amide bonds. The maximum absolute atomic E-state index is 12.9. The number of rotatable bonds is 5. The number of amides is 1. The summed E-state index contributed by atoms with van der Waals surface area (Å²) in [6.07, 6.45) is 8.39. The van der Waals surface area contributed by atoms with E-state index in [-0.39, 0.29) is 11.9 Å². The highest BCUT2D eigenvalue weighted by atomic mass is 16.5. The van der Waals surface area contributed by atoms with Gasteiger partial charge < -0.3 is 9.64 Å². The Hall–Kier alpha value is -2.28. The molecule has 0 bridgehead atoms. The van der Waals surface area contributed by atoms with Crippen LogP contribution in [0, 0.1) is 5.92 Å². The highest BCUT2D eigenvalue weighted by molar-refractivity contribution is 5.94. The number of fused-ring (bicyclic) bond motifs is 1. The first-order valence-electron chi connectivity index (χ1n) is 8.39. The van der Waals surface area contributed by atoms with Gasteiger partial charge in [0.2, 0.25) is 0 Å². The van der Waals surface area contributed by atoms with Crippen LogP contribution in [0.2, 0.25) is 0 Å². The summed E-state index contributed by atoms with van der Waals surface area (Å²) >= 11 is 0. The van der Waals surface area contributed by atoms with Crippen molar-refractivity contribution < 1.29 is 9.53 Å². The SMILES string of the molecule is COCC1c2c(cnn2CC2CC2)CCN1C(=O)c1ccnnc1. The molecule has 1 unspecified atom stereocenters. The van der Waals surface area contributed by atoms with Crippen molar-refractivity contribution in [3.8, 4) is 0 Å². The minimum atomic E-state index is -0.110. The van der Waals surface area contributed by atoms with E-state index in [0.717, 1.165) is 24.6 Å². The molecule has 7 heteroatoms. The summed E-state index contributed by atoms with van der Waals surface area (Å²) in [5.41, 5.74) is 2.92. The first-order valence-corrected chi connectivity index (χ1v) is 8.39. The molecule has 126 valence electrons. The zero-order valence-corrected chi connectivity index (χ0v) is 13.8. The van der Waals surface area contributed by atoms with Gasteiger partial charge in [0.25, 0.3) is 5.91 Å². The van der Waals surface area contributed by atoms with Crippen LogP contribution < -0.4 is 0 Å². The van der Waals surface area contributed by atoms with E-state index in [9.17, 15) is 4.79 Å². The van der Waals surface area contributed by atoms with Crippen molar-refractivity contribution in [1.82, 2.24) is 24.9 Å². The van der Waals surface area contributed by atoms with Crippen molar-refractivity contribution in [2.75, 3.05) is 20.3 Å². The Morgan fingerprint density at radius 2 is 2.21 bits per heavy atom. The molecule has 2 aromatic rings. The van der Waals surface area contributed by atoms with E-state index in [0.29, 0.717) is 18.7 Å². The monoisotopic (exact) mass is 327 g/mol. The van der Waals surface area contributed by atoms with Crippen LogP contribution in [-0.2, 0) is 17.7 Å². The molecule has 7 nitrogen and oxygen atoms in total. The van der Waals surface area contributed by atoms with Crippen LogP contribution in [0.15, 0.2) is 24.7 Å². The molecule has 3 heterocycles. The lowest BCUT2D eigenvalue weighted by molar-refractivity contribution is 0.0481. The summed E-state index contributed by atoms with van der Waals surface area (Å²) in [6, 6.07) is 1.59. The Labute approximate surface area is 140 Å². The van der Waals surface area contributed by atoms with Crippen molar-refractivity contribution in [1.29, 1.82) is 0 Å². The second-order valence-corrected chi connectivity index (χ2v) is 6.53. The lowest BCUT2D eigenvalue weighted by Crippen LogP contribution is -2.43. The van der Waals surface area contributed by atoms with Crippen molar-refractivity contribution in [2.24, 2.45) is 5.92 Å². The highest BCUT2D eigenvalue weighted by Gasteiger charge is 2.35. The molecule has 0 aromatic carbocycles. The Balaban J connectivity index is 1.66. The van der Waals surface area contributed by atoms with Gasteiger partial charge in [-0.05, 0) is 36.8 Å². The fourth-order valence-electron chi connectivity index (χ4n) is 3.40. The van der Waals surface area contributed by atoms with Crippen LogP contribution in [0.1, 0.15) is 40.5 Å². The zero-order valence-electron chi connectivity index (χ0n) is 13.8. The minimum absolute atomic E-state index is 0.0308. The van der Waals surface area contributed by atoms with Crippen LogP contribution in [0.25, 0.3) is 0 Å². The highest BCUT2D eigenvalue weighted by Crippen LogP contribution is 2.35. The van der Waals surface area contributed by atoms with Crippen LogP contribution >= 0.6 is 0 Å². The molecule has 0 spiro atoms. The number of carbonyl (C=O) groups is 1. The first-order chi connectivity index (χ1) is 11.8. The predicted molar refractivity (Wildman–Crippen MR) is 86.3 cm³/mol. The number of hydrogen-bond donors (Lipinski definition) is 0. The van der Waals surface area contributed by atoms with Gasteiger partial charge in [-0.1, -0.05) is 0 Å². The minimum Gasteiger partial charge on any atom is -0.382 e. The molecule has 1 fully saturated rings. The summed E-state index contributed by atoms with van der Waals surface area (Å²) in [4.78, 5) is 14.8. The topological polar surface area (TPSA) is 73.1 Å². The third-order valence-electron chi connectivity index (χ3n) is 4.82. The third-order valence-corrected chi connectivity index (χ3v) is 4.82. The van der Waals surface area contributed by atoms with E-state index in [1.807, 2.05) is 11.1 Å². The van der Waals surface area contributed by atoms with Crippen molar-refractivity contribution in [3.63, 3.8) is 0 Å². The van der Waals surface area contributed by atoms with Gasteiger partial charge in [0, 0.05) is 20.2 Å². The van der Waals surface area contributed by atoms with Crippen LogP contribution in [-0.4, -0.2) is 51.0 Å². The summed E-state index contributed by atoms with van der Waals surface area (Å²) in [5.74, 6) is 0.699. The fourth-order valence-corrected chi connectivity index (χ4v) is 3.40. The van der Waals surface area contributed by atoms with E-state index in [2.05, 4.69) is 20.0 Å². The fraction of sp³-hybridized carbons (Fsp3) is 0.529. The zero-order chi connectivity index (χ0) is 16.5. The van der Waals surface area contributed by atoms with E-state index >= 15 is 0 Å². The predicted octanol–water partition coefficient (Wildman–Crippen LogP) is 1.47. The molecular formula is C17H21N5O2. The van der Waals surface area contributed by atoms with E-state index in [4.69, 9.17) is 4.74 Å². The standard InChI is InChI=1S/C17H21N5O2/c1-24-11-15-16-13(9-20-22(16)10-12-2-3-12)5-7-21(15)17(23)14-4-6-18-19-8-14/h4,6,8-9,12,15H,2-3,5,7,10-11H2,1H3. The number of carbonyl (C=O) groups excluding carboxylic acids is 1. The molecule has 0 N–H and O–H groups in total. The summed E-state index contributed by atoms with van der Waals surface area (Å²) < 4.78 is 7.52. The maximum Gasteiger partial charge on any atom is 0.256 e. The Kier molecular flexibility index (Phi) is 4.02. The Morgan fingerprint density at radius 1 is 1.33 bits per heavy atom. The summed E-state index contributed by atoms with van der Waals surface area (Å²) in [6.45, 7) is 2.07. The van der Waals surface area contributed by atoms with Gasteiger partial charge in [-0.25, -0.2) is 0 Å². The summed E-state index contributed by atoms with van der Waals surface area (Å²) in [7, 11) is 1.67. The van der Waals surface area contributed by atoms with Gasteiger partial charge >= 0.3 is 0 Å². The quantitative estimate of drug-likeness (QED) is 0.831. The Morgan fingerprint density at radius 3 is 2.92 bits per heavy atom. The van der Waals surface area contributed by atoms with Crippen LogP contribution in [0.5, 0.6) is 0 Å². The van der Waals surface area contributed by atoms with Gasteiger partial charge in [-0.3, -0.25) is 9.48 Å². The number of aromatic nitrogens is 4. The maximum atomic E-state index is 12.9. The Bertz CT molecular complexity index is 726. The molecule has 1 aliphatic heterocycles. The lowest BCUT2D eigenvalue weighted by atomic mass is 9.99. The molecule has 24 heavy (non-hydrogen) atoms. The first kappa shape index (κ1) is 15.3. The van der Waals surface area contributed by atoms with Gasteiger partial charge in [-0.2, -0.15) is 15.3 Å².